The number of halogens is 3. The summed E-state index contributed by atoms with van der Waals surface area (Å²) in [6.07, 6.45) is -1.67. The maximum atomic E-state index is 13.0. The molecule has 0 atom stereocenters. The van der Waals surface area contributed by atoms with Crippen LogP contribution in [0.25, 0.3) is 0 Å². The summed E-state index contributed by atoms with van der Waals surface area (Å²) in [6.45, 7) is 3.35. The number of hydrogen-bond donors (Lipinski definition) is 1. The molecule has 2 amide bonds. The molecule has 30 heavy (non-hydrogen) atoms. The molecule has 3 rings (SSSR count). The fourth-order valence-corrected chi connectivity index (χ4v) is 3.58. The Kier molecular flexibility index (Phi) is 5.89. The van der Waals surface area contributed by atoms with Crippen LogP contribution >= 0.6 is 0 Å². The molecule has 0 radical (unpaired) electrons. The minimum Gasteiger partial charge on any atom is -0.364 e. The van der Waals surface area contributed by atoms with E-state index in [4.69, 9.17) is 5.73 Å². The highest BCUT2D eigenvalue weighted by Gasteiger charge is 2.36. The highest BCUT2D eigenvalue weighted by Crippen LogP contribution is 2.32. The number of benzene rings is 1. The summed E-state index contributed by atoms with van der Waals surface area (Å²) in [5.74, 6) is -0.705. The Morgan fingerprint density at radius 3 is 2.47 bits per heavy atom. The zero-order valence-corrected chi connectivity index (χ0v) is 16.8. The first-order valence-electron chi connectivity index (χ1n) is 9.52. The molecule has 0 saturated carbocycles. The van der Waals surface area contributed by atoms with Crippen molar-refractivity contribution in [2.75, 3.05) is 20.1 Å². The summed E-state index contributed by atoms with van der Waals surface area (Å²) < 4.78 is 40.0. The number of carbonyl (C=O) groups excluding carboxylic acids is 2. The lowest BCUT2D eigenvalue weighted by Gasteiger charge is -2.45. The van der Waals surface area contributed by atoms with Gasteiger partial charge in [0.25, 0.3) is 5.91 Å². The van der Waals surface area contributed by atoms with Crippen LogP contribution in [0, 0.1) is 0 Å². The van der Waals surface area contributed by atoms with Crippen LogP contribution in [0.3, 0.4) is 0 Å². The van der Waals surface area contributed by atoms with E-state index in [-0.39, 0.29) is 17.3 Å². The van der Waals surface area contributed by atoms with Crippen molar-refractivity contribution in [1.82, 2.24) is 19.6 Å². The number of hydrogen-bond acceptors (Lipinski definition) is 4. The number of alkyl halides is 3. The predicted molar refractivity (Wildman–Crippen MR) is 104 cm³/mol. The van der Waals surface area contributed by atoms with Gasteiger partial charge in [0.2, 0.25) is 0 Å². The normalized spacial score (nSPS) is 16.7. The van der Waals surface area contributed by atoms with Gasteiger partial charge in [0.1, 0.15) is 0 Å². The average molecular weight is 423 g/mol. The molecule has 1 aromatic heterocycles. The van der Waals surface area contributed by atoms with Crippen molar-refractivity contribution in [2.24, 2.45) is 5.73 Å². The zero-order valence-electron chi connectivity index (χ0n) is 16.8. The minimum absolute atomic E-state index is 0.0195. The molecule has 0 aliphatic carbocycles. The van der Waals surface area contributed by atoms with Gasteiger partial charge in [-0.3, -0.25) is 9.69 Å². The van der Waals surface area contributed by atoms with E-state index in [1.165, 1.54) is 24.4 Å². The summed E-state index contributed by atoms with van der Waals surface area (Å²) in [4.78, 5) is 27.4. The minimum atomic E-state index is -4.37. The van der Waals surface area contributed by atoms with Crippen LogP contribution in [0.5, 0.6) is 0 Å². The number of aromatic nitrogens is 2. The second kappa shape index (κ2) is 8.10. The van der Waals surface area contributed by atoms with Crippen LogP contribution in [0.15, 0.2) is 36.5 Å². The number of likely N-dealkylation sites (tertiary alicyclic amines) is 1. The lowest BCUT2D eigenvalue weighted by molar-refractivity contribution is -0.137. The summed E-state index contributed by atoms with van der Waals surface area (Å²) in [5.41, 5.74) is 4.84. The molecule has 2 aromatic rings. The third kappa shape index (κ3) is 4.64. The van der Waals surface area contributed by atoms with Crippen molar-refractivity contribution in [3.05, 3.63) is 53.3 Å². The highest BCUT2D eigenvalue weighted by atomic mass is 19.4. The quantitative estimate of drug-likeness (QED) is 0.820. The Labute approximate surface area is 172 Å². The second-order valence-electron chi connectivity index (χ2n) is 7.83. The molecule has 1 fully saturated rings. The van der Waals surface area contributed by atoms with Crippen LogP contribution in [0.1, 0.15) is 41.4 Å². The van der Waals surface area contributed by atoms with Crippen molar-refractivity contribution < 1.29 is 22.8 Å². The van der Waals surface area contributed by atoms with Crippen LogP contribution in [0.2, 0.25) is 0 Å². The van der Waals surface area contributed by atoms with E-state index in [0.29, 0.717) is 38.0 Å². The van der Waals surface area contributed by atoms with Gasteiger partial charge in [0, 0.05) is 31.4 Å². The Hall–Kier alpha value is -2.88. The fraction of sp³-hybridized carbons (Fsp3) is 0.450. The molecule has 1 aliphatic rings. The molecule has 1 aliphatic heterocycles. The van der Waals surface area contributed by atoms with Crippen LogP contribution in [-0.4, -0.2) is 57.2 Å². The van der Waals surface area contributed by atoms with Gasteiger partial charge in [-0.15, -0.1) is 0 Å². The van der Waals surface area contributed by atoms with E-state index < -0.39 is 17.6 Å². The van der Waals surface area contributed by atoms with Gasteiger partial charge >= 0.3 is 12.2 Å². The zero-order chi connectivity index (χ0) is 22.1. The molecule has 7 nitrogen and oxygen atoms in total. The van der Waals surface area contributed by atoms with Gasteiger partial charge < -0.3 is 10.6 Å². The van der Waals surface area contributed by atoms with E-state index >= 15 is 0 Å². The monoisotopic (exact) mass is 423 g/mol. The van der Waals surface area contributed by atoms with Crippen LogP contribution in [0.4, 0.5) is 18.0 Å². The van der Waals surface area contributed by atoms with Crippen molar-refractivity contribution >= 4 is 11.9 Å². The molecule has 0 bridgehead atoms. The summed E-state index contributed by atoms with van der Waals surface area (Å²) in [5, 5.41) is 3.89. The Morgan fingerprint density at radius 1 is 1.23 bits per heavy atom. The molecule has 1 saturated heterocycles. The maximum absolute atomic E-state index is 13.0. The van der Waals surface area contributed by atoms with Gasteiger partial charge in [0.15, 0.2) is 5.69 Å². The van der Waals surface area contributed by atoms with Crippen LogP contribution < -0.4 is 5.73 Å². The molecular weight excluding hydrogens is 399 g/mol. The molecule has 10 heteroatoms. The van der Waals surface area contributed by atoms with E-state index in [2.05, 4.69) is 5.10 Å². The average Bonchev–Trinajstić information content (AvgIpc) is 3.18. The fourth-order valence-electron chi connectivity index (χ4n) is 3.58. The van der Waals surface area contributed by atoms with Crippen molar-refractivity contribution in [3.8, 4) is 0 Å². The first kappa shape index (κ1) is 21.8. The van der Waals surface area contributed by atoms with Gasteiger partial charge in [-0.25, -0.2) is 4.79 Å². The second-order valence-corrected chi connectivity index (χ2v) is 7.83. The molecule has 1 aromatic carbocycles. The third-order valence-electron chi connectivity index (χ3n) is 5.74. The number of rotatable bonds is 4. The van der Waals surface area contributed by atoms with Gasteiger partial charge in [-0.1, -0.05) is 18.2 Å². The standard InChI is InChI=1S/C20H24F3N5O2/c1-19(26(2)13-14-4-3-5-15(12-14)20(21,22)23)7-10-27(11-8-19)18(30)28-9-6-16(25-28)17(24)29/h3-6,9,12H,7-8,10-11,13H2,1-2H3,(H2,24,29). The van der Waals surface area contributed by atoms with Gasteiger partial charge in [-0.2, -0.15) is 23.0 Å². The number of amides is 2. The molecule has 162 valence electrons. The number of piperidine rings is 1. The SMILES string of the molecule is CN(Cc1cccc(C(F)(F)F)c1)C1(C)CCN(C(=O)n2ccc(C(N)=O)n2)CC1. The Bertz CT molecular complexity index is 933. The number of nitrogens with two attached hydrogens (primary N) is 1. The smallest absolute Gasteiger partial charge is 0.364 e. The molecular formula is C20H24F3N5O2. The third-order valence-corrected chi connectivity index (χ3v) is 5.74. The van der Waals surface area contributed by atoms with Crippen LogP contribution in [-0.2, 0) is 12.7 Å². The summed E-state index contributed by atoms with van der Waals surface area (Å²) in [7, 11) is 1.88. The summed E-state index contributed by atoms with van der Waals surface area (Å²) >= 11 is 0. The lowest BCUT2D eigenvalue weighted by Crippen LogP contribution is -2.53. The predicted octanol–water partition coefficient (Wildman–Crippen LogP) is 2.96. The van der Waals surface area contributed by atoms with E-state index in [9.17, 15) is 22.8 Å². The summed E-state index contributed by atoms with van der Waals surface area (Å²) in [6, 6.07) is 6.38. The first-order chi connectivity index (χ1) is 14.0. The van der Waals surface area contributed by atoms with Crippen molar-refractivity contribution in [1.29, 1.82) is 0 Å². The number of nitrogens with zero attached hydrogens (tertiary/aromatic N) is 4. The van der Waals surface area contributed by atoms with Crippen molar-refractivity contribution in [3.63, 3.8) is 0 Å². The number of primary amides is 1. The molecule has 0 spiro atoms. The van der Waals surface area contributed by atoms with E-state index in [0.717, 1.165) is 10.7 Å². The van der Waals surface area contributed by atoms with Gasteiger partial charge in [0.05, 0.1) is 5.56 Å². The van der Waals surface area contributed by atoms with Crippen molar-refractivity contribution in [2.45, 2.75) is 38.0 Å². The van der Waals surface area contributed by atoms with E-state index in [1.807, 2.05) is 18.9 Å². The maximum Gasteiger partial charge on any atom is 0.416 e. The molecule has 2 heterocycles. The highest BCUT2D eigenvalue weighted by molar-refractivity contribution is 5.91. The van der Waals surface area contributed by atoms with Gasteiger partial charge in [-0.05, 0) is 44.5 Å². The first-order valence-corrected chi connectivity index (χ1v) is 9.52. The largest absolute Gasteiger partial charge is 0.416 e. The topological polar surface area (TPSA) is 84.5 Å². The molecule has 0 unspecified atom stereocenters. The Balaban J connectivity index is 1.62. The van der Waals surface area contributed by atoms with E-state index in [1.54, 1.807) is 11.0 Å². The molecule has 2 N–H and O–H groups in total. The Morgan fingerprint density at radius 2 is 1.90 bits per heavy atom. The number of carbonyl (C=O) groups is 2. The lowest BCUT2D eigenvalue weighted by atomic mass is 9.87.